The van der Waals surface area contributed by atoms with Crippen LogP contribution in [0.4, 0.5) is 0 Å². The average molecular weight is 389 g/mol. The molecule has 0 saturated heterocycles. The van der Waals surface area contributed by atoms with Crippen molar-refractivity contribution in [2.75, 3.05) is 0 Å². The summed E-state index contributed by atoms with van der Waals surface area (Å²) in [6, 6.07) is 16.7. The van der Waals surface area contributed by atoms with Crippen molar-refractivity contribution in [1.82, 2.24) is 9.99 Å². The highest BCUT2D eigenvalue weighted by atomic mass is 16.4. The molecule has 0 fully saturated rings. The molecule has 0 spiro atoms. The van der Waals surface area contributed by atoms with Crippen LogP contribution in [0.2, 0.25) is 0 Å². The van der Waals surface area contributed by atoms with Crippen LogP contribution in [-0.2, 0) is 11.2 Å². The fourth-order valence-corrected chi connectivity index (χ4v) is 3.38. The minimum atomic E-state index is -0.949. The van der Waals surface area contributed by atoms with Gasteiger partial charge in [0.05, 0.1) is 18.2 Å². The summed E-state index contributed by atoms with van der Waals surface area (Å²) in [5, 5.41) is 13.5. The Hall–Kier alpha value is -3.67. The number of hydrogen-bond donors (Lipinski definition) is 2. The Labute approximate surface area is 169 Å². The van der Waals surface area contributed by atoms with Crippen molar-refractivity contribution in [2.24, 2.45) is 5.10 Å². The number of hydrazone groups is 1. The summed E-state index contributed by atoms with van der Waals surface area (Å²) >= 11 is 0. The van der Waals surface area contributed by atoms with Crippen LogP contribution in [0.25, 0.3) is 5.69 Å². The number of nitrogens with zero attached hydrogens (tertiary/aromatic N) is 2. The minimum absolute atomic E-state index is 0.189. The molecular weight excluding hydrogens is 366 g/mol. The Morgan fingerprint density at radius 3 is 2.48 bits per heavy atom. The Balaban J connectivity index is 1.80. The maximum absolute atomic E-state index is 12.0. The summed E-state index contributed by atoms with van der Waals surface area (Å²) in [4.78, 5) is 23.5. The molecule has 0 aliphatic rings. The van der Waals surface area contributed by atoms with Gasteiger partial charge in [0.15, 0.2) is 0 Å². The lowest BCUT2D eigenvalue weighted by atomic mass is 10.1. The number of carbonyl (C=O) groups is 2. The van der Waals surface area contributed by atoms with E-state index in [1.165, 1.54) is 0 Å². The van der Waals surface area contributed by atoms with Crippen LogP contribution in [0.5, 0.6) is 0 Å². The first-order valence-corrected chi connectivity index (χ1v) is 9.26. The van der Waals surface area contributed by atoms with E-state index >= 15 is 0 Å². The van der Waals surface area contributed by atoms with Crippen molar-refractivity contribution < 1.29 is 14.7 Å². The molecule has 0 aliphatic carbocycles. The number of hydrogen-bond acceptors (Lipinski definition) is 3. The number of carboxylic acids is 1. The summed E-state index contributed by atoms with van der Waals surface area (Å²) < 4.78 is 1.99. The highest BCUT2D eigenvalue weighted by Gasteiger charge is 2.15. The van der Waals surface area contributed by atoms with Gasteiger partial charge in [0, 0.05) is 22.6 Å². The molecule has 148 valence electrons. The normalized spacial score (nSPS) is 11.0. The van der Waals surface area contributed by atoms with Crippen molar-refractivity contribution in [3.8, 4) is 5.69 Å². The van der Waals surface area contributed by atoms with Gasteiger partial charge in [0.2, 0.25) is 5.91 Å². The molecule has 0 bridgehead atoms. The van der Waals surface area contributed by atoms with E-state index in [-0.39, 0.29) is 17.9 Å². The molecule has 1 aromatic heterocycles. The molecule has 2 N–H and O–H groups in total. The van der Waals surface area contributed by atoms with E-state index in [1.807, 2.05) is 60.9 Å². The summed E-state index contributed by atoms with van der Waals surface area (Å²) in [6.45, 7) is 5.69. The summed E-state index contributed by atoms with van der Waals surface area (Å²) in [5.41, 5.74) is 7.97. The van der Waals surface area contributed by atoms with E-state index in [4.69, 9.17) is 0 Å². The topological polar surface area (TPSA) is 83.7 Å². The first-order chi connectivity index (χ1) is 13.9. The van der Waals surface area contributed by atoms with Crippen LogP contribution in [0, 0.1) is 20.8 Å². The molecular formula is C23H23N3O3. The smallest absolute Gasteiger partial charge is 0.336 e. The SMILES string of the molecule is Cc1c(C(=O)O)cccc1-n1c(C)cc(/C=N/NC(=O)Cc2ccccc2)c1C. The lowest BCUT2D eigenvalue weighted by molar-refractivity contribution is -0.120. The van der Waals surface area contributed by atoms with Crippen LogP contribution < -0.4 is 5.43 Å². The zero-order valence-corrected chi connectivity index (χ0v) is 16.6. The molecule has 1 amide bonds. The molecule has 29 heavy (non-hydrogen) atoms. The molecule has 0 saturated carbocycles. The quantitative estimate of drug-likeness (QED) is 0.497. The van der Waals surface area contributed by atoms with Gasteiger partial charge in [-0.3, -0.25) is 4.79 Å². The second-order valence-electron chi connectivity index (χ2n) is 6.87. The number of aromatic carboxylic acids is 1. The van der Waals surface area contributed by atoms with Crippen molar-refractivity contribution in [3.63, 3.8) is 0 Å². The minimum Gasteiger partial charge on any atom is -0.478 e. The Kier molecular flexibility index (Phi) is 5.93. The average Bonchev–Trinajstić information content (AvgIpc) is 2.96. The molecule has 3 rings (SSSR count). The first-order valence-electron chi connectivity index (χ1n) is 9.26. The number of amides is 1. The van der Waals surface area contributed by atoms with Crippen molar-refractivity contribution in [2.45, 2.75) is 27.2 Å². The largest absolute Gasteiger partial charge is 0.478 e. The van der Waals surface area contributed by atoms with Crippen LogP contribution >= 0.6 is 0 Å². The molecule has 0 aliphatic heterocycles. The monoisotopic (exact) mass is 389 g/mol. The van der Waals surface area contributed by atoms with E-state index in [0.717, 1.165) is 28.2 Å². The van der Waals surface area contributed by atoms with E-state index in [2.05, 4.69) is 10.5 Å². The molecule has 0 atom stereocenters. The Morgan fingerprint density at radius 1 is 1.07 bits per heavy atom. The van der Waals surface area contributed by atoms with Gasteiger partial charge in [-0.05, 0) is 50.1 Å². The molecule has 2 aromatic carbocycles. The van der Waals surface area contributed by atoms with Gasteiger partial charge in [-0.25, -0.2) is 10.2 Å². The summed E-state index contributed by atoms with van der Waals surface area (Å²) in [5.74, 6) is -1.14. The lowest BCUT2D eigenvalue weighted by Gasteiger charge is -2.14. The van der Waals surface area contributed by atoms with Gasteiger partial charge in [0.1, 0.15) is 0 Å². The van der Waals surface area contributed by atoms with E-state index in [1.54, 1.807) is 25.3 Å². The van der Waals surface area contributed by atoms with Crippen molar-refractivity contribution in [3.05, 3.63) is 88.2 Å². The molecule has 6 nitrogen and oxygen atoms in total. The van der Waals surface area contributed by atoms with Crippen molar-refractivity contribution >= 4 is 18.1 Å². The molecule has 3 aromatic rings. The van der Waals surface area contributed by atoms with Crippen LogP contribution in [0.1, 0.15) is 38.4 Å². The van der Waals surface area contributed by atoms with Crippen LogP contribution in [0.15, 0.2) is 59.7 Å². The Bertz CT molecular complexity index is 1080. The number of carboxylic acid groups (broad SMARTS) is 1. The van der Waals surface area contributed by atoms with Gasteiger partial charge in [0.25, 0.3) is 0 Å². The van der Waals surface area contributed by atoms with Gasteiger partial charge >= 0.3 is 5.97 Å². The van der Waals surface area contributed by atoms with E-state index in [0.29, 0.717) is 5.56 Å². The third-order valence-corrected chi connectivity index (χ3v) is 4.85. The molecule has 1 heterocycles. The number of aryl methyl sites for hydroxylation is 1. The van der Waals surface area contributed by atoms with Crippen LogP contribution in [-0.4, -0.2) is 27.8 Å². The third kappa shape index (κ3) is 4.43. The molecule has 0 radical (unpaired) electrons. The number of rotatable bonds is 6. The lowest BCUT2D eigenvalue weighted by Crippen LogP contribution is -2.19. The van der Waals surface area contributed by atoms with Gasteiger partial charge < -0.3 is 9.67 Å². The number of benzene rings is 2. The van der Waals surface area contributed by atoms with Gasteiger partial charge in [-0.2, -0.15) is 5.10 Å². The number of aromatic nitrogens is 1. The summed E-state index contributed by atoms with van der Waals surface area (Å²) in [7, 11) is 0. The predicted molar refractivity (Wildman–Crippen MR) is 113 cm³/mol. The summed E-state index contributed by atoms with van der Waals surface area (Å²) in [6.07, 6.45) is 1.87. The standard InChI is InChI=1S/C23H23N3O3/c1-15-12-19(14-24-25-22(27)13-18-8-5-4-6-9-18)17(3)26(15)21-11-7-10-20(16(21)2)23(28)29/h4-12,14H,13H2,1-3H3,(H,25,27)(H,28,29)/b24-14+. The zero-order chi connectivity index (χ0) is 21.0. The highest BCUT2D eigenvalue weighted by molar-refractivity contribution is 5.90. The van der Waals surface area contributed by atoms with Crippen molar-refractivity contribution in [1.29, 1.82) is 0 Å². The fraction of sp³-hybridized carbons (Fsp3) is 0.174. The fourth-order valence-electron chi connectivity index (χ4n) is 3.38. The van der Waals surface area contributed by atoms with E-state index < -0.39 is 5.97 Å². The maximum atomic E-state index is 12.0. The Morgan fingerprint density at radius 2 is 1.79 bits per heavy atom. The second kappa shape index (κ2) is 8.56. The van der Waals surface area contributed by atoms with Crippen LogP contribution in [0.3, 0.4) is 0 Å². The van der Waals surface area contributed by atoms with Gasteiger partial charge in [-0.1, -0.05) is 36.4 Å². The maximum Gasteiger partial charge on any atom is 0.336 e. The number of carbonyl (C=O) groups excluding carboxylic acids is 1. The zero-order valence-electron chi connectivity index (χ0n) is 16.6. The predicted octanol–water partition coefficient (Wildman–Crippen LogP) is 3.79. The van der Waals surface area contributed by atoms with Gasteiger partial charge in [-0.15, -0.1) is 0 Å². The number of nitrogens with one attached hydrogen (secondary N) is 1. The molecule has 6 heteroatoms. The second-order valence-corrected chi connectivity index (χ2v) is 6.87. The molecule has 0 unspecified atom stereocenters. The first kappa shape index (κ1) is 20.1. The third-order valence-electron chi connectivity index (χ3n) is 4.85. The highest BCUT2D eigenvalue weighted by Crippen LogP contribution is 2.24. The van der Waals surface area contributed by atoms with E-state index in [9.17, 15) is 14.7 Å².